The summed E-state index contributed by atoms with van der Waals surface area (Å²) in [5.41, 5.74) is 1.01. The van der Waals surface area contributed by atoms with Gasteiger partial charge in [0.15, 0.2) is 9.84 Å². The summed E-state index contributed by atoms with van der Waals surface area (Å²) < 4.78 is 64.2. The first-order valence-electron chi connectivity index (χ1n) is 8.35. The Kier molecular flexibility index (Phi) is 5.97. The molecule has 2 aromatic rings. The van der Waals surface area contributed by atoms with E-state index in [0.717, 1.165) is 11.5 Å². The van der Waals surface area contributed by atoms with Crippen LogP contribution in [0.15, 0.2) is 47.9 Å². The predicted molar refractivity (Wildman–Crippen MR) is 110 cm³/mol. The topological polar surface area (TPSA) is 83.6 Å². The number of rotatable bonds is 5. The monoisotopic (exact) mass is 444 g/mol. The number of benzene rings is 2. The van der Waals surface area contributed by atoms with Crippen LogP contribution in [0.1, 0.15) is 5.56 Å². The van der Waals surface area contributed by atoms with E-state index >= 15 is 0 Å². The van der Waals surface area contributed by atoms with Crippen molar-refractivity contribution in [3.05, 3.63) is 64.3 Å². The Morgan fingerprint density at radius 3 is 2.36 bits per heavy atom. The molecule has 28 heavy (non-hydrogen) atoms. The molecule has 3 rings (SSSR count). The van der Waals surface area contributed by atoms with Gasteiger partial charge in [-0.1, -0.05) is 23.7 Å². The highest BCUT2D eigenvalue weighted by atomic mass is 35.5. The third kappa shape index (κ3) is 5.46. The van der Waals surface area contributed by atoms with Crippen LogP contribution >= 0.6 is 11.6 Å². The molecule has 0 saturated carbocycles. The minimum Gasteiger partial charge on any atom is -0.367 e. The van der Waals surface area contributed by atoms with Gasteiger partial charge in [-0.2, -0.15) is 0 Å². The van der Waals surface area contributed by atoms with E-state index in [-0.39, 0.29) is 36.0 Å². The van der Waals surface area contributed by atoms with Gasteiger partial charge in [0.2, 0.25) is 0 Å². The lowest BCUT2D eigenvalue weighted by molar-refractivity contribution is 0.582. The first-order valence-corrected chi connectivity index (χ1v) is 12.1. The van der Waals surface area contributed by atoms with Gasteiger partial charge in [-0.3, -0.25) is 4.72 Å². The highest BCUT2D eigenvalue weighted by Gasteiger charge is 2.24. The summed E-state index contributed by atoms with van der Waals surface area (Å²) in [5, 5.41) is 1.55. The van der Waals surface area contributed by atoms with Gasteiger partial charge in [0.1, 0.15) is 5.82 Å². The molecule has 0 atom stereocenters. The van der Waals surface area contributed by atoms with Gasteiger partial charge in [0, 0.05) is 18.1 Å². The van der Waals surface area contributed by atoms with Crippen LogP contribution in [0.5, 0.6) is 0 Å². The van der Waals surface area contributed by atoms with Crippen molar-refractivity contribution in [3.8, 4) is 0 Å². The molecule has 1 aliphatic heterocycles. The van der Waals surface area contributed by atoms with Crippen molar-refractivity contribution >= 4 is 48.9 Å². The fourth-order valence-corrected chi connectivity index (χ4v) is 4.90. The summed E-state index contributed by atoms with van der Waals surface area (Å²) in [6.07, 6.45) is 1.42. The van der Waals surface area contributed by atoms with Crippen molar-refractivity contribution in [2.45, 2.75) is 0 Å². The van der Waals surface area contributed by atoms with Crippen molar-refractivity contribution in [1.82, 2.24) is 0 Å². The normalized spacial score (nSPS) is 17.0. The zero-order valence-electron chi connectivity index (χ0n) is 14.7. The summed E-state index contributed by atoms with van der Waals surface area (Å²) in [6, 6.07) is 10.5. The van der Waals surface area contributed by atoms with E-state index in [1.807, 2.05) is 0 Å². The molecule has 0 aromatic heterocycles. The van der Waals surface area contributed by atoms with E-state index in [9.17, 15) is 21.2 Å². The Balaban J connectivity index is 1.76. The van der Waals surface area contributed by atoms with E-state index in [1.54, 1.807) is 29.2 Å². The standard InChI is InChI=1S/C18H18ClFN2O4S2/c19-15-3-1-14(2-4-15)7-10-28(25,26)21-16-5-6-17(20)18(13-16)22-8-11-27(23,24)12-9-22/h1-7,10,13,21H,8-9,11-12H2. The molecule has 0 spiro atoms. The van der Waals surface area contributed by atoms with Crippen LogP contribution in [0.25, 0.3) is 6.08 Å². The minimum atomic E-state index is -3.82. The smallest absolute Gasteiger partial charge is 0.255 e. The molecule has 1 aliphatic rings. The lowest BCUT2D eigenvalue weighted by Gasteiger charge is -2.29. The van der Waals surface area contributed by atoms with Crippen LogP contribution in [0.3, 0.4) is 0 Å². The maximum absolute atomic E-state index is 14.2. The van der Waals surface area contributed by atoms with E-state index in [0.29, 0.717) is 10.6 Å². The van der Waals surface area contributed by atoms with E-state index in [2.05, 4.69) is 4.72 Å². The summed E-state index contributed by atoms with van der Waals surface area (Å²) >= 11 is 5.79. The molecule has 1 saturated heterocycles. The highest BCUT2D eigenvalue weighted by molar-refractivity contribution is 7.95. The van der Waals surface area contributed by atoms with Crippen LogP contribution in [-0.4, -0.2) is 41.4 Å². The number of sulfonamides is 1. The maximum atomic E-state index is 14.2. The SMILES string of the molecule is O=S1(=O)CCN(c2cc(NS(=O)(=O)C=Cc3ccc(Cl)cc3)ccc2F)CC1. The Morgan fingerprint density at radius 2 is 1.71 bits per heavy atom. The van der Waals surface area contributed by atoms with Crippen molar-refractivity contribution in [3.63, 3.8) is 0 Å². The van der Waals surface area contributed by atoms with Crippen LogP contribution in [-0.2, 0) is 19.9 Å². The number of halogens is 2. The van der Waals surface area contributed by atoms with Crippen molar-refractivity contribution in [1.29, 1.82) is 0 Å². The second-order valence-electron chi connectivity index (χ2n) is 6.31. The average molecular weight is 445 g/mol. The van der Waals surface area contributed by atoms with Gasteiger partial charge in [0.05, 0.1) is 28.3 Å². The second kappa shape index (κ2) is 8.10. The molecule has 0 unspecified atom stereocenters. The molecule has 1 N–H and O–H groups in total. The summed E-state index contributed by atoms with van der Waals surface area (Å²) in [4.78, 5) is 1.59. The zero-order valence-corrected chi connectivity index (χ0v) is 17.1. The van der Waals surface area contributed by atoms with Gasteiger partial charge in [-0.15, -0.1) is 0 Å². The Morgan fingerprint density at radius 1 is 1.07 bits per heavy atom. The van der Waals surface area contributed by atoms with Crippen LogP contribution < -0.4 is 9.62 Å². The molecule has 150 valence electrons. The van der Waals surface area contributed by atoms with E-state index < -0.39 is 25.7 Å². The number of hydrogen-bond donors (Lipinski definition) is 1. The molecular formula is C18H18ClFN2O4S2. The first-order chi connectivity index (χ1) is 13.1. The third-order valence-electron chi connectivity index (χ3n) is 4.20. The molecule has 0 radical (unpaired) electrons. The Bertz CT molecular complexity index is 1090. The van der Waals surface area contributed by atoms with Crippen molar-refractivity contribution in [2.24, 2.45) is 0 Å². The van der Waals surface area contributed by atoms with Crippen LogP contribution in [0, 0.1) is 5.82 Å². The maximum Gasteiger partial charge on any atom is 0.255 e. The molecule has 1 fully saturated rings. The molecule has 10 heteroatoms. The Labute approximate surface area is 168 Å². The average Bonchev–Trinajstić information content (AvgIpc) is 2.63. The molecule has 1 heterocycles. The number of nitrogens with one attached hydrogen (secondary N) is 1. The predicted octanol–water partition coefficient (Wildman–Crippen LogP) is 3.13. The van der Waals surface area contributed by atoms with Gasteiger partial charge in [-0.25, -0.2) is 21.2 Å². The number of nitrogens with zero attached hydrogens (tertiary/aromatic N) is 1. The van der Waals surface area contributed by atoms with Gasteiger partial charge in [0.25, 0.3) is 10.0 Å². The largest absolute Gasteiger partial charge is 0.367 e. The molecule has 2 aromatic carbocycles. The van der Waals surface area contributed by atoms with Crippen LogP contribution in [0.4, 0.5) is 15.8 Å². The third-order valence-corrected chi connectivity index (χ3v) is 7.08. The summed E-state index contributed by atoms with van der Waals surface area (Å²) in [6.45, 7) is 0.317. The minimum absolute atomic E-state index is 0.0633. The summed E-state index contributed by atoms with van der Waals surface area (Å²) in [7, 11) is -6.93. The Hall–Kier alpha value is -2.10. The van der Waals surface area contributed by atoms with E-state index in [1.165, 1.54) is 18.2 Å². The zero-order chi connectivity index (χ0) is 20.4. The number of sulfone groups is 1. The summed E-state index contributed by atoms with van der Waals surface area (Å²) in [5.74, 6) is -0.669. The fourth-order valence-electron chi connectivity index (χ4n) is 2.71. The van der Waals surface area contributed by atoms with Gasteiger partial charge >= 0.3 is 0 Å². The second-order valence-corrected chi connectivity index (χ2v) is 10.6. The van der Waals surface area contributed by atoms with Crippen molar-refractivity contribution in [2.75, 3.05) is 34.2 Å². The molecule has 6 nitrogen and oxygen atoms in total. The van der Waals surface area contributed by atoms with Crippen LogP contribution in [0.2, 0.25) is 5.02 Å². The van der Waals surface area contributed by atoms with Crippen molar-refractivity contribution < 1.29 is 21.2 Å². The van der Waals surface area contributed by atoms with Gasteiger partial charge in [-0.05, 0) is 42.0 Å². The fraction of sp³-hybridized carbons (Fsp3) is 0.222. The lowest BCUT2D eigenvalue weighted by Crippen LogP contribution is -2.40. The molecule has 0 aliphatic carbocycles. The quantitative estimate of drug-likeness (QED) is 0.766. The van der Waals surface area contributed by atoms with E-state index in [4.69, 9.17) is 11.6 Å². The van der Waals surface area contributed by atoms with Gasteiger partial charge < -0.3 is 4.90 Å². The number of anilines is 2. The lowest BCUT2D eigenvalue weighted by atomic mass is 10.2. The molecule has 0 amide bonds. The molecule has 0 bridgehead atoms. The molecular weight excluding hydrogens is 427 g/mol. The number of hydrogen-bond acceptors (Lipinski definition) is 5. The first kappa shape index (κ1) is 20.6. The highest BCUT2D eigenvalue weighted by Crippen LogP contribution is 2.26.